The lowest BCUT2D eigenvalue weighted by atomic mass is 9.90. The van der Waals surface area contributed by atoms with E-state index in [0.29, 0.717) is 18.2 Å². The van der Waals surface area contributed by atoms with Gasteiger partial charge >= 0.3 is 6.09 Å². The van der Waals surface area contributed by atoms with E-state index in [1.54, 1.807) is 0 Å². The molecule has 0 aromatic heterocycles. The van der Waals surface area contributed by atoms with Crippen LogP contribution in [0.3, 0.4) is 0 Å². The number of carbonyl (C=O) groups is 1. The van der Waals surface area contributed by atoms with Crippen molar-refractivity contribution in [3.05, 3.63) is 0 Å². The van der Waals surface area contributed by atoms with Crippen LogP contribution in [0.1, 0.15) is 73.1 Å². The molecule has 1 heterocycles. The smallest absolute Gasteiger partial charge is 0.407 e. The highest BCUT2D eigenvalue weighted by atomic mass is 16.6. The van der Waals surface area contributed by atoms with E-state index in [1.165, 1.54) is 25.7 Å². The largest absolute Gasteiger partial charge is 0.444 e. The van der Waals surface area contributed by atoms with E-state index in [0.717, 1.165) is 25.9 Å². The highest BCUT2D eigenvalue weighted by molar-refractivity contribution is 5.68. The van der Waals surface area contributed by atoms with Crippen LogP contribution in [0, 0.1) is 0 Å². The lowest BCUT2D eigenvalue weighted by molar-refractivity contribution is -0.0286. The van der Waals surface area contributed by atoms with Gasteiger partial charge in [0.25, 0.3) is 0 Å². The predicted octanol–water partition coefficient (Wildman–Crippen LogP) is 3.71. The SMILES string of the molecule is CC(C)OC1CCC(N2CCC(NC(=O)OC(C)(C)C)CC2)CC1. The maximum atomic E-state index is 11.9. The summed E-state index contributed by atoms with van der Waals surface area (Å²) in [6, 6.07) is 0.941. The first-order chi connectivity index (χ1) is 11.2. The highest BCUT2D eigenvalue weighted by Gasteiger charge is 2.30. The molecule has 0 radical (unpaired) electrons. The van der Waals surface area contributed by atoms with Gasteiger partial charge in [-0.1, -0.05) is 0 Å². The summed E-state index contributed by atoms with van der Waals surface area (Å²) in [6.45, 7) is 12.1. The second kappa shape index (κ2) is 8.52. The van der Waals surface area contributed by atoms with Gasteiger partial charge in [-0.2, -0.15) is 0 Å². The molecule has 1 saturated carbocycles. The normalized spacial score (nSPS) is 27.2. The van der Waals surface area contributed by atoms with Gasteiger partial charge in [-0.25, -0.2) is 4.79 Å². The topological polar surface area (TPSA) is 50.8 Å². The summed E-state index contributed by atoms with van der Waals surface area (Å²) in [4.78, 5) is 14.5. The predicted molar refractivity (Wildman–Crippen MR) is 96.2 cm³/mol. The number of nitrogens with zero attached hydrogens (tertiary/aromatic N) is 1. The van der Waals surface area contributed by atoms with E-state index in [1.807, 2.05) is 20.8 Å². The number of likely N-dealkylation sites (tertiary alicyclic amines) is 1. The number of piperidine rings is 1. The van der Waals surface area contributed by atoms with E-state index in [4.69, 9.17) is 9.47 Å². The van der Waals surface area contributed by atoms with E-state index in [-0.39, 0.29) is 12.1 Å². The lowest BCUT2D eigenvalue weighted by Gasteiger charge is -2.41. The van der Waals surface area contributed by atoms with Gasteiger partial charge in [0.05, 0.1) is 12.2 Å². The molecule has 5 nitrogen and oxygen atoms in total. The van der Waals surface area contributed by atoms with Crippen LogP contribution in [0.4, 0.5) is 4.79 Å². The average molecular weight is 341 g/mol. The van der Waals surface area contributed by atoms with Gasteiger partial charge in [0.1, 0.15) is 5.60 Å². The molecule has 2 aliphatic rings. The van der Waals surface area contributed by atoms with Crippen molar-refractivity contribution >= 4 is 6.09 Å². The molecule has 2 rings (SSSR count). The molecule has 1 aliphatic carbocycles. The second-order valence-corrected chi connectivity index (χ2v) is 8.57. The van der Waals surface area contributed by atoms with Gasteiger partial charge in [0.15, 0.2) is 0 Å². The van der Waals surface area contributed by atoms with Crippen LogP contribution in [-0.2, 0) is 9.47 Å². The molecule has 0 bridgehead atoms. The number of rotatable bonds is 4. The zero-order valence-electron chi connectivity index (χ0n) is 16.1. The molecule has 140 valence electrons. The molecular weight excluding hydrogens is 304 g/mol. The van der Waals surface area contributed by atoms with Crippen LogP contribution in [0.2, 0.25) is 0 Å². The molecule has 1 N–H and O–H groups in total. The van der Waals surface area contributed by atoms with Crippen LogP contribution in [0.25, 0.3) is 0 Å². The summed E-state index contributed by atoms with van der Waals surface area (Å²) in [5.74, 6) is 0. The third-order valence-electron chi connectivity index (χ3n) is 4.88. The van der Waals surface area contributed by atoms with Gasteiger partial charge in [0, 0.05) is 25.2 Å². The van der Waals surface area contributed by atoms with Crippen molar-refractivity contribution in [2.45, 2.75) is 103 Å². The van der Waals surface area contributed by atoms with Gasteiger partial charge in [-0.15, -0.1) is 0 Å². The van der Waals surface area contributed by atoms with Crippen LogP contribution in [0.5, 0.6) is 0 Å². The number of alkyl carbamates (subject to hydrolysis) is 1. The van der Waals surface area contributed by atoms with Gasteiger partial charge < -0.3 is 19.7 Å². The quantitative estimate of drug-likeness (QED) is 0.847. The maximum absolute atomic E-state index is 11.9. The number of nitrogens with one attached hydrogen (secondary N) is 1. The Balaban J connectivity index is 1.67. The van der Waals surface area contributed by atoms with Gasteiger partial charge in [-0.05, 0) is 73.1 Å². The minimum atomic E-state index is -0.429. The van der Waals surface area contributed by atoms with Crippen LogP contribution in [-0.4, -0.2) is 54.0 Å². The fraction of sp³-hybridized carbons (Fsp3) is 0.947. The highest BCUT2D eigenvalue weighted by Crippen LogP contribution is 2.28. The molecule has 1 amide bonds. The first kappa shape index (κ1) is 19.5. The molecule has 0 aromatic carbocycles. The van der Waals surface area contributed by atoms with E-state index in [2.05, 4.69) is 24.1 Å². The number of hydrogen-bond acceptors (Lipinski definition) is 4. The molecule has 1 aliphatic heterocycles. The van der Waals surface area contributed by atoms with E-state index in [9.17, 15) is 4.79 Å². The molecule has 0 unspecified atom stereocenters. The summed E-state index contributed by atoms with van der Waals surface area (Å²) in [5.41, 5.74) is -0.429. The molecule has 0 atom stereocenters. The Kier molecular flexibility index (Phi) is 6.93. The minimum absolute atomic E-state index is 0.247. The summed E-state index contributed by atoms with van der Waals surface area (Å²) < 4.78 is 11.3. The number of amides is 1. The molecule has 5 heteroatoms. The van der Waals surface area contributed by atoms with Crippen molar-refractivity contribution in [2.24, 2.45) is 0 Å². The third kappa shape index (κ3) is 6.60. The Labute approximate surface area is 147 Å². The van der Waals surface area contributed by atoms with Crippen molar-refractivity contribution in [3.63, 3.8) is 0 Å². The van der Waals surface area contributed by atoms with Crippen molar-refractivity contribution < 1.29 is 14.3 Å². The molecule has 2 fully saturated rings. The molecular formula is C19H36N2O3. The van der Waals surface area contributed by atoms with Crippen LogP contribution in [0.15, 0.2) is 0 Å². The number of ether oxygens (including phenoxy) is 2. The summed E-state index contributed by atoms with van der Waals surface area (Å²) in [5, 5.41) is 3.02. The van der Waals surface area contributed by atoms with E-state index < -0.39 is 5.60 Å². The Hall–Kier alpha value is -0.810. The number of hydrogen-bond donors (Lipinski definition) is 1. The fourth-order valence-electron chi connectivity index (χ4n) is 3.81. The Bertz CT molecular complexity index is 390. The molecule has 24 heavy (non-hydrogen) atoms. The van der Waals surface area contributed by atoms with E-state index >= 15 is 0 Å². The molecule has 0 aromatic rings. The Morgan fingerprint density at radius 2 is 1.62 bits per heavy atom. The average Bonchev–Trinajstić information content (AvgIpc) is 2.46. The molecule has 1 saturated heterocycles. The second-order valence-electron chi connectivity index (χ2n) is 8.57. The van der Waals surface area contributed by atoms with Gasteiger partial charge in [-0.3, -0.25) is 0 Å². The van der Waals surface area contributed by atoms with Crippen LogP contribution < -0.4 is 5.32 Å². The fourth-order valence-corrected chi connectivity index (χ4v) is 3.81. The minimum Gasteiger partial charge on any atom is -0.444 e. The molecule has 0 spiro atoms. The van der Waals surface area contributed by atoms with Gasteiger partial charge in [0.2, 0.25) is 0 Å². The van der Waals surface area contributed by atoms with Crippen molar-refractivity contribution in [1.82, 2.24) is 10.2 Å². The number of carbonyl (C=O) groups excluding carboxylic acids is 1. The third-order valence-corrected chi connectivity index (χ3v) is 4.88. The van der Waals surface area contributed by atoms with Crippen molar-refractivity contribution in [1.29, 1.82) is 0 Å². The Morgan fingerprint density at radius 3 is 2.12 bits per heavy atom. The monoisotopic (exact) mass is 340 g/mol. The zero-order valence-corrected chi connectivity index (χ0v) is 16.1. The summed E-state index contributed by atoms with van der Waals surface area (Å²) in [6.07, 6.45) is 7.37. The standard InChI is InChI=1S/C19H36N2O3/c1-14(2)23-17-8-6-16(7-9-17)21-12-10-15(11-13-21)20-18(22)24-19(3,4)5/h14-17H,6-13H2,1-5H3,(H,20,22). The maximum Gasteiger partial charge on any atom is 0.407 e. The first-order valence-electron chi connectivity index (χ1n) is 9.62. The lowest BCUT2D eigenvalue weighted by Crippen LogP contribution is -2.49. The Morgan fingerprint density at radius 1 is 1.04 bits per heavy atom. The zero-order chi connectivity index (χ0) is 17.7. The van der Waals surface area contributed by atoms with Crippen molar-refractivity contribution in [3.8, 4) is 0 Å². The van der Waals surface area contributed by atoms with Crippen LogP contribution >= 0.6 is 0 Å². The summed E-state index contributed by atoms with van der Waals surface area (Å²) >= 11 is 0. The summed E-state index contributed by atoms with van der Waals surface area (Å²) in [7, 11) is 0. The van der Waals surface area contributed by atoms with Crippen molar-refractivity contribution in [2.75, 3.05) is 13.1 Å². The first-order valence-corrected chi connectivity index (χ1v) is 9.62.